The second-order valence-corrected chi connectivity index (χ2v) is 5.81. The molecule has 0 aromatic heterocycles. The van der Waals surface area contributed by atoms with Crippen LogP contribution in [-0.2, 0) is 16.1 Å². The van der Waals surface area contributed by atoms with Gasteiger partial charge in [-0.05, 0) is 18.2 Å². The van der Waals surface area contributed by atoms with Gasteiger partial charge < -0.3 is 14.8 Å². The van der Waals surface area contributed by atoms with Crippen LogP contribution in [-0.4, -0.2) is 25.5 Å². The van der Waals surface area contributed by atoms with E-state index in [1.165, 1.54) is 7.11 Å². The molecule has 0 heterocycles. The summed E-state index contributed by atoms with van der Waals surface area (Å²) in [7, 11) is 1.31. The number of ether oxygens (including phenoxy) is 2. The summed E-state index contributed by atoms with van der Waals surface area (Å²) in [4.78, 5) is 23.3. The molecule has 2 rings (SSSR count). The van der Waals surface area contributed by atoms with E-state index in [0.717, 1.165) is 10.0 Å². The number of halogens is 1. The van der Waals surface area contributed by atoms with Gasteiger partial charge in [-0.25, -0.2) is 0 Å². The van der Waals surface area contributed by atoms with E-state index in [2.05, 4.69) is 26.0 Å². The third-order valence-corrected chi connectivity index (χ3v) is 4.09. The van der Waals surface area contributed by atoms with Crippen LogP contribution in [0.15, 0.2) is 53.0 Å². The molecule has 0 saturated heterocycles. The lowest BCUT2D eigenvalue weighted by Gasteiger charge is -2.12. The van der Waals surface area contributed by atoms with Crippen molar-refractivity contribution in [3.05, 3.63) is 64.1 Å². The van der Waals surface area contributed by atoms with E-state index < -0.39 is 0 Å². The van der Waals surface area contributed by atoms with Crippen LogP contribution < -0.4 is 10.1 Å². The summed E-state index contributed by atoms with van der Waals surface area (Å²) in [5, 5.41) is 2.69. The Labute approximate surface area is 149 Å². The van der Waals surface area contributed by atoms with Gasteiger partial charge in [0.15, 0.2) is 0 Å². The Kier molecular flexibility index (Phi) is 6.81. The Morgan fingerprint density at radius 1 is 1.08 bits per heavy atom. The fourth-order valence-electron chi connectivity index (χ4n) is 2.03. The highest BCUT2D eigenvalue weighted by molar-refractivity contribution is 9.10. The number of carbonyl (C=O) groups is 2. The number of hydrogen-bond acceptors (Lipinski definition) is 4. The predicted octanol–water partition coefficient (Wildman–Crippen LogP) is 3.32. The van der Waals surface area contributed by atoms with Crippen LogP contribution in [0.3, 0.4) is 0 Å². The van der Waals surface area contributed by atoms with Gasteiger partial charge in [0.1, 0.15) is 12.4 Å². The van der Waals surface area contributed by atoms with E-state index in [-0.39, 0.29) is 24.8 Å². The third-order valence-electron chi connectivity index (χ3n) is 3.32. The maximum Gasteiger partial charge on any atom is 0.307 e. The fraction of sp³-hybridized carbons (Fsp3) is 0.222. The summed E-state index contributed by atoms with van der Waals surface area (Å²) in [6.07, 6.45) is 0.127. The Morgan fingerprint density at radius 3 is 2.54 bits per heavy atom. The maximum atomic E-state index is 12.3. The van der Waals surface area contributed by atoms with Crippen LogP contribution in [0.25, 0.3) is 0 Å². The molecular weight excluding hydrogens is 374 g/mol. The molecule has 0 fully saturated rings. The van der Waals surface area contributed by atoms with Crippen molar-refractivity contribution in [2.24, 2.45) is 0 Å². The van der Waals surface area contributed by atoms with Gasteiger partial charge in [-0.1, -0.05) is 46.3 Å². The first kappa shape index (κ1) is 18.0. The minimum Gasteiger partial charge on any atom is -0.488 e. The maximum absolute atomic E-state index is 12.3. The van der Waals surface area contributed by atoms with Gasteiger partial charge >= 0.3 is 5.97 Å². The highest BCUT2D eigenvalue weighted by Crippen LogP contribution is 2.22. The van der Waals surface area contributed by atoms with Crippen molar-refractivity contribution in [1.82, 2.24) is 5.32 Å². The van der Waals surface area contributed by atoms with Crippen molar-refractivity contribution in [2.45, 2.75) is 13.0 Å². The van der Waals surface area contributed by atoms with Crippen LogP contribution in [0.4, 0.5) is 0 Å². The number of rotatable bonds is 7. The molecule has 6 heteroatoms. The largest absolute Gasteiger partial charge is 0.488 e. The topological polar surface area (TPSA) is 64.6 Å². The summed E-state index contributed by atoms with van der Waals surface area (Å²) in [6, 6.07) is 14.7. The fourth-order valence-corrected chi connectivity index (χ4v) is 2.43. The SMILES string of the molecule is COC(=O)CCNC(=O)c1ccccc1OCc1ccccc1Br. The molecule has 2 aromatic rings. The molecule has 0 atom stereocenters. The van der Waals surface area contributed by atoms with E-state index in [0.29, 0.717) is 17.9 Å². The van der Waals surface area contributed by atoms with Gasteiger partial charge in [-0.3, -0.25) is 9.59 Å². The van der Waals surface area contributed by atoms with Gasteiger partial charge in [0.2, 0.25) is 0 Å². The molecule has 1 N–H and O–H groups in total. The molecule has 0 unspecified atom stereocenters. The molecule has 2 aromatic carbocycles. The van der Waals surface area contributed by atoms with E-state index in [4.69, 9.17) is 4.74 Å². The van der Waals surface area contributed by atoms with Gasteiger partial charge in [-0.15, -0.1) is 0 Å². The van der Waals surface area contributed by atoms with Crippen molar-refractivity contribution in [2.75, 3.05) is 13.7 Å². The van der Waals surface area contributed by atoms with E-state index in [1.807, 2.05) is 24.3 Å². The lowest BCUT2D eigenvalue weighted by Crippen LogP contribution is -2.26. The molecule has 1 amide bonds. The first-order valence-electron chi connectivity index (χ1n) is 7.42. The van der Waals surface area contributed by atoms with Crippen LogP contribution in [0.2, 0.25) is 0 Å². The molecule has 126 valence electrons. The molecule has 0 radical (unpaired) electrons. The van der Waals surface area contributed by atoms with Crippen LogP contribution in [0.5, 0.6) is 5.75 Å². The van der Waals surface area contributed by atoms with Gasteiger partial charge in [0, 0.05) is 16.6 Å². The highest BCUT2D eigenvalue weighted by atomic mass is 79.9. The van der Waals surface area contributed by atoms with Crippen LogP contribution in [0, 0.1) is 0 Å². The number of methoxy groups -OCH3 is 1. The zero-order valence-electron chi connectivity index (χ0n) is 13.3. The second kappa shape index (κ2) is 9.08. The minimum absolute atomic E-state index is 0.127. The predicted molar refractivity (Wildman–Crippen MR) is 93.9 cm³/mol. The summed E-state index contributed by atoms with van der Waals surface area (Å²) in [5.41, 5.74) is 1.41. The monoisotopic (exact) mass is 391 g/mol. The summed E-state index contributed by atoms with van der Waals surface area (Å²) < 4.78 is 11.3. The number of para-hydroxylation sites is 1. The number of nitrogens with one attached hydrogen (secondary N) is 1. The van der Waals surface area contributed by atoms with Crippen molar-refractivity contribution >= 4 is 27.8 Å². The van der Waals surface area contributed by atoms with E-state index in [1.54, 1.807) is 24.3 Å². The van der Waals surface area contributed by atoms with Crippen LogP contribution in [0.1, 0.15) is 22.3 Å². The zero-order chi connectivity index (χ0) is 17.4. The van der Waals surface area contributed by atoms with Crippen molar-refractivity contribution in [1.29, 1.82) is 0 Å². The standard InChI is InChI=1S/C18H18BrNO4/c1-23-17(21)10-11-20-18(22)14-7-3-5-9-16(14)24-12-13-6-2-4-8-15(13)19/h2-9H,10-12H2,1H3,(H,20,22). The summed E-state index contributed by atoms with van der Waals surface area (Å²) >= 11 is 3.47. The third kappa shape index (κ3) is 5.09. The molecule has 0 saturated carbocycles. The zero-order valence-corrected chi connectivity index (χ0v) is 14.8. The smallest absolute Gasteiger partial charge is 0.307 e. The molecule has 0 aliphatic carbocycles. The highest BCUT2D eigenvalue weighted by Gasteiger charge is 2.13. The van der Waals surface area contributed by atoms with Crippen molar-refractivity contribution in [3.63, 3.8) is 0 Å². The minimum atomic E-state index is -0.367. The van der Waals surface area contributed by atoms with E-state index >= 15 is 0 Å². The molecule has 0 spiro atoms. The molecule has 5 nitrogen and oxygen atoms in total. The first-order valence-corrected chi connectivity index (χ1v) is 8.21. The Bertz CT molecular complexity index is 718. The Balaban J connectivity index is 2.00. The molecular formula is C18H18BrNO4. The lowest BCUT2D eigenvalue weighted by molar-refractivity contribution is -0.140. The molecule has 0 bridgehead atoms. The molecule has 24 heavy (non-hydrogen) atoms. The number of amides is 1. The summed E-state index contributed by atoms with van der Waals surface area (Å²) in [5.74, 6) is -0.167. The summed E-state index contributed by atoms with van der Waals surface area (Å²) in [6.45, 7) is 0.554. The quantitative estimate of drug-likeness (QED) is 0.735. The normalized spacial score (nSPS) is 10.1. The van der Waals surface area contributed by atoms with Gasteiger partial charge in [0.25, 0.3) is 5.91 Å². The molecule has 0 aliphatic rings. The average Bonchev–Trinajstić information content (AvgIpc) is 2.61. The Hall–Kier alpha value is -2.34. The molecule has 0 aliphatic heterocycles. The van der Waals surface area contributed by atoms with Crippen LogP contribution >= 0.6 is 15.9 Å². The van der Waals surface area contributed by atoms with Gasteiger partial charge in [0.05, 0.1) is 19.1 Å². The first-order chi connectivity index (χ1) is 11.6. The van der Waals surface area contributed by atoms with Crippen molar-refractivity contribution in [3.8, 4) is 5.75 Å². The number of esters is 1. The second-order valence-electron chi connectivity index (χ2n) is 4.96. The average molecular weight is 392 g/mol. The number of carbonyl (C=O) groups excluding carboxylic acids is 2. The van der Waals surface area contributed by atoms with Gasteiger partial charge in [-0.2, -0.15) is 0 Å². The van der Waals surface area contributed by atoms with E-state index in [9.17, 15) is 9.59 Å². The number of benzene rings is 2. The Morgan fingerprint density at radius 2 is 1.79 bits per heavy atom. The van der Waals surface area contributed by atoms with Crippen molar-refractivity contribution < 1.29 is 19.1 Å². The lowest BCUT2D eigenvalue weighted by atomic mass is 10.2. The number of hydrogen-bond donors (Lipinski definition) is 1.